The van der Waals surface area contributed by atoms with E-state index in [9.17, 15) is 44.3 Å². The molecule has 0 aliphatic carbocycles. The van der Waals surface area contributed by atoms with Gasteiger partial charge in [-0.2, -0.15) is 0 Å². The number of ether oxygens (including phenoxy) is 2. The molecule has 5 unspecified atom stereocenters. The van der Waals surface area contributed by atoms with Gasteiger partial charge in [-0.25, -0.2) is 28.2 Å². The summed E-state index contributed by atoms with van der Waals surface area (Å²) in [5.74, 6) is 0.0265. The Labute approximate surface area is 228 Å². The van der Waals surface area contributed by atoms with Crippen molar-refractivity contribution in [1.29, 1.82) is 0 Å². The first-order chi connectivity index (χ1) is 18.7. The predicted octanol–water partition coefficient (Wildman–Crippen LogP) is -3.47. The Bertz CT molecular complexity index is 1300. The average Bonchev–Trinajstić information content (AvgIpc) is 3.43. The molecule has 2 aliphatic heterocycles. The molecule has 2 aromatic heterocycles. The van der Waals surface area contributed by atoms with Crippen LogP contribution in [0, 0.1) is 0 Å². The third-order valence-electron chi connectivity index (χ3n) is 5.97. The van der Waals surface area contributed by atoms with E-state index in [-0.39, 0.29) is 17.0 Å². The Morgan fingerprint density at radius 2 is 1.82 bits per heavy atom. The number of nitrogens with two attached hydrogens (primary N) is 1. The van der Waals surface area contributed by atoms with E-state index in [0.717, 1.165) is 6.33 Å². The second kappa shape index (κ2) is 12.1. The second-order valence-corrected chi connectivity index (χ2v) is 13.1. The van der Waals surface area contributed by atoms with Crippen LogP contribution in [0.25, 0.3) is 11.2 Å². The molecule has 23 heteroatoms. The molecule has 19 nitrogen and oxygen atoms in total. The number of hydrogen-bond donors (Lipinski definition) is 9. The fraction of sp³-hybridized carbons (Fsp3) is 0.706. The lowest BCUT2D eigenvalue weighted by Gasteiger charge is -2.41. The van der Waals surface area contributed by atoms with Gasteiger partial charge in [0.1, 0.15) is 54.6 Å². The van der Waals surface area contributed by atoms with Crippen LogP contribution in [0.3, 0.4) is 0 Å². The molecule has 0 bridgehead atoms. The second-order valence-electron chi connectivity index (χ2n) is 8.69. The normalized spacial score (nSPS) is 36.8. The van der Waals surface area contributed by atoms with Crippen LogP contribution in [0.1, 0.15) is 6.23 Å². The SMILES string of the molecule is Nc1ncnc2c1ncn2[C@@H]1O[C@H](COP(O)(=S)OP(=O)(O)O[C@@H]2OC([C@H](O)CO)[C@@H](O)C(O)[C@H]2O)C(F)[C@@H]1O. The maximum absolute atomic E-state index is 14.8. The molecule has 0 radical (unpaired) electrons. The number of imidazole rings is 1. The smallest absolute Gasteiger partial charge is 0.394 e. The average molecular weight is 637 g/mol. The van der Waals surface area contributed by atoms with Crippen LogP contribution < -0.4 is 5.73 Å². The molecule has 0 aromatic carbocycles. The number of fused-ring (bicyclic) bond motifs is 1. The number of phosphoric acid groups is 1. The van der Waals surface area contributed by atoms with Gasteiger partial charge in [0, 0.05) is 0 Å². The van der Waals surface area contributed by atoms with E-state index in [1.165, 1.54) is 10.9 Å². The monoisotopic (exact) mass is 637 g/mol. The molecule has 0 spiro atoms. The summed E-state index contributed by atoms with van der Waals surface area (Å²) >= 11 is 4.66. The van der Waals surface area contributed by atoms with E-state index < -0.39 is 89.2 Å². The van der Waals surface area contributed by atoms with Gasteiger partial charge >= 0.3 is 14.5 Å². The van der Waals surface area contributed by atoms with Gasteiger partial charge in [-0.15, -0.1) is 0 Å². The van der Waals surface area contributed by atoms with Gasteiger partial charge < -0.3 is 60.2 Å². The summed E-state index contributed by atoms with van der Waals surface area (Å²) in [5, 5.41) is 59.0. The first kappa shape index (κ1) is 31.6. The number of anilines is 1. The lowest BCUT2D eigenvalue weighted by Crippen LogP contribution is -2.61. The summed E-state index contributed by atoms with van der Waals surface area (Å²) in [4.78, 5) is 32.0. The highest BCUT2D eigenvalue weighted by Crippen LogP contribution is 2.61. The molecule has 226 valence electrons. The van der Waals surface area contributed by atoms with Crippen LogP contribution >= 0.6 is 14.5 Å². The van der Waals surface area contributed by atoms with E-state index in [1.54, 1.807) is 0 Å². The van der Waals surface area contributed by atoms with Gasteiger partial charge in [0.25, 0.3) is 0 Å². The summed E-state index contributed by atoms with van der Waals surface area (Å²) in [7, 11) is -5.48. The summed E-state index contributed by atoms with van der Waals surface area (Å²) < 4.78 is 52.9. The molecule has 2 saturated heterocycles. The first-order valence-corrected chi connectivity index (χ1v) is 15.3. The van der Waals surface area contributed by atoms with Crippen molar-refractivity contribution in [3.8, 4) is 0 Å². The van der Waals surface area contributed by atoms with Crippen LogP contribution in [0.15, 0.2) is 12.7 Å². The quantitative estimate of drug-likeness (QED) is 0.114. The van der Waals surface area contributed by atoms with Crippen molar-refractivity contribution in [2.45, 2.75) is 61.4 Å². The summed E-state index contributed by atoms with van der Waals surface area (Å²) in [6, 6.07) is 0. The topological polar surface area (TPSA) is 295 Å². The van der Waals surface area contributed by atoms with Gasteiger partial charge in [0.05, 0.1) is 19.5 Å². The fourth-order valence-corrected chi connectivity index (χ4v) is 7.08. The number of phosphoric ester groups is 1. The van der Waals surface area contributed by atoms with Gasteiger partial charge in [-0.3, -0.25) is 9.09 Å². The van der Waals surface area contributed by atoms with E-state index in [1.807, 2.05) is 0 Å². The number of nitrogens with zero attached hydrogens (tertiary/aromatic N) is 4. The Kier molecular flexibility index (Phi) is 9.55. The zero-order chi connectivity index (χ0) is 29.6. The minimum atomic E-state index is -5.48. The highest BCUT2D eigenvalue weighted by Gasteiger charge is 2.50. The number of aliphatic hydroxyl groups excluding tert-OH is 6. The molecule has 0 saturated carbocycles. The van der Waals surface area contributed by atoms with E-state index in [2.05, 4.69) is 35.6 Å². The molecule has 4 heterocycles. The van der Waals surface area contributed by atoms with Gasteiger partial charge in [0.2, 0.25) is 0 Å². The van der Waals surface area contributed by atoms with Crippen LogP contribution in [-0.4, -0.2) is 128 Å². The number of hydrogen-bond acceptors (Lipinski definition) is 17. The van der Waals surface area contributed by atoms with Crippen molar-refractivity contribution >= 4 is 43.3 Å². The van der Waals surface area contributed by atoms with Crippen LogP contribution in [-0.2, 0) is 39.2 Å². The zero-order valence-corrected chi connectivity index (χ0v) is 22.5. The maximum Gasteiger partial charge on any atom is 0.481 e. The highest BCUT2D eigenvalue weighted by atomic mass is 32.5. The molecule has 40 heavy (non-hydrogen) atoms. The van der Waals surface area contributed by atoms with E-state index >= 15 is 0 Å². The zero-order valence-electron chi connectivity index (χ0n) is 19.9. The highest BCUT2D eigenvalue weighted by molar-refractivity contribution is 8.08. The molecule has 2 fully saturated rings. The minimum Gasteiger partial charge on any atom is -0.394 e. The molecular weight excluding hydrogens is 611 g/mol. The molecule has 0 amide bonds. The molecule has 2 aromatic rings. The minimum absolute atomic E-state index is 0.0265. The van der Waals surface area contributed by atoms with Crippen molar-refractivity contribution in [3.05, 3.63) is 12.7 Å². The summed E-state index contributed by atoms with van der Waals surface area (Å²) in [5.41, 5.74) is 6.00. The lowest BCUT2D eigenvalue weighted by atomic mass is 9.96. The van der Waals surface area contributed by atoms with Crippen molar-refractivity contribution < 1.29 is 72.2 Å². The Morgan fingerprint density at radius 3 is 2.50 bits per heavy atom. The molecule has 12 atom stereocenters. The standard InChI is InChI=1S/C17H26FN5O14P2S/c18-7-6(34-16(9(7)26)23-4-22-8-14(19)20-3-21-15(8)23)2-33-39(32,40)37-38(30,31)36-17-12(29)10(27)11(28)13(35-17)5(25)1-24/h3-7,9-13,16-17,24-29H,1-2H2,(H,30,31)(H,32,40)(H2,19,20,21)/t5-,6-,7?,9+,10?,11+,12-,13?,16-,17+,39?/m1/s1. The first-order valence-electron chi connectivity index (χ1n) is 11.2. The van der Waals surface area contributed by atoms with E-state index in [4.69, 9.17) is 24.8 Å². The van der Waals surface area contributed by atoms with Crippen LogP contribution in [0.2, 0.25) is 0 Å². The number of aliphatic hydroxyl groups is 6. The Hall–Kier alpha value is -1.36. The third kappa shape index (κ3) is 6.50. The third-order valence-corrected chi connectivity index (χ3v) is 9.48. The number of alkyl halides is 1. The van der Waals surface area contributed by atoms with Crippen LogP contribution in [0.4, 0.5) is 10.2 Å². The molecule has 10 N–H and O–H groups in total. The fourth-order valence-electron chi connectivity index (χ4n) is 3.98. The predicted molar refractivity (Wildman–Crippen MR) is 129 cm³/mol. The van der Waals surface area contributed by atoms with Crippen molar-refractivity contribution in [1.82, 2.24) is 19.5 Å². The number of halogens is 1. The van der Waals surface area contributed by atoms with Gasteiger partial charge in [-0.1, -0.05) is 0 Å². The Morgan fingerprint density at radius 1 is 1.12 bits per heavy atom. The lowest BCUT2D eigenvalue weighted by molar-refractivity contribution is -0.292. The number of aromatic nitrogens is 4. The van der Waals surface area contributed by atoms with Gasteiger partial charge in [-0.05, 0) is 11.8 Å². The summed E-state index contributed by atoms with van der Waals surface area (Å²) in [6.07, 6.45) is -16.5. The largest absolute Gasteiger partial charge is 0.481 e. The van der Waals surface area contributed by atoms with Crippen molar-refractivity contribution in [2.24, 2.45) is 0 Å². The molecular formula is C17H26FN5O14P2S. The maximum atomic E-state index is 14.8. The Balaban J connectivity index is 1.38. The van der Waals surface area contributed by atoms with Crippen molar-refractivity contribution in [2.75, 3.05) is 18.9 Å². The number of rotatable bonds is 10. The number of nitrogen functional groups attached to an aromatic ring is 1. The summed E-state index contributed by atoms with van der Waals surface area (Å²) in [6.45, 7) is -6.56. The van der Waals surface area contributed by atoms with Gasteiger partial charge in [0.15, 0.2) is 30.2 Å². The molecule has 4 rings (SSSR count). The van der Waals surface area contributed by atoms with E-state index in [0.29, 0.717) is 0 Å². The molecule has 2 aliphatic rings. The van der Waals surface area contributed by atoms with Crippen molar-refractivity contribution in [3.63, 3.8) is 0 Å². The van der Waals surface area contributed by atoms with Crippen LogP contribution in [0.5, 0.6) is 0 Å².